The topological polar surface area (TPSA) is 65.9 Å². The van der Waals surface area contributed by atoms with E-state index in [1.165, 1.54) is 0 Å². The second kappa shape index (κ2) is 4.46. The van der Waals surface area contributed by atoms with E-state index in [0.717, 1.165) is 6.21 Å². The van der Waals surface area contributed by atoms with E-state index in [0.29, 0.717) is 6.61 Å². The molecule has 46 valence electrons. The predicted octanol–water partition coefficient (Wildman–Crippen LogP) is -0.358. The second-order valence-corrected chi connectivity index (χ2v) is 1.11. The van der Waals surface area contributed by atoms with E-state index < -0.39 is 6.29 Å². The lowest BCUT2D eigenvalue weighted by Crippen LogP contribution is -2.12. The fourth-order valence-electron chi connectivity index (χ4n) is 0.271. The van der Waals surface area contributed by atoms with Gasteiger partial charge in [-0.05, 0) is 6.92 Å². The smallest absolute Gasteiger partial charge is 0.312 e. The van der Waals surface area contributed by atoms with Crippen LogP contribution in [0.5, 0.6) is 0 Å². The number of rotatable bonds is 3. The van der Waals surface area contributed by atoms with Gasteiger partial charge < -0.3 is 15.4 Å². The molecule has 4 heteroatoms. The molecule has 0 aromatic carbocycles. The van der Waals surface area contributed by atoms with Gasteiger partial charge in [0.05, 0.1) is 0 Å². The van der Waals surface area contributed by atoms with Crippen LogP contribution >= 0.6 is 0 Å². The lowest BCUT2D eigenvalue weighted by Gasteiger charge is -1.96. The maximum Gasteiger partial charge on any atom is 0.312 e. The normalized spacial score (nSPS) is 12.2. The van der Waals surface area contributed by atoms with Crippen molar-refractivity contribution in [1.29, 1.82) is 0 Å². The molecule has 0 amide bonds. The standard InChI is InChI=1S/C4H8N2O2/c1-2-8-4(7)3-6-5/h3-4,7H,2H2,1H3. The number of aliphatic hydroxyl groups excluding tert-OH is 1. The minimum absolute atomic E-state index is 0.396. The average molecular weight is 116 g/mol. The summed E-state index contributed by atoms with van der Waals surface area (Å²) >= 11 is 0. The highest BCUT2D eigenvalue weighted by atomic mass is 16.6. The Morgan fingerprint density at radius 3 is 3.00 bits per heavy atom. The number of aliphatic hydroxyl groups is 1. The van der Waals surface area contributed by atoms with Gasteiger partial charge in [0.1, 0.15) is 0 Å². The molecule has 0 rings (SSSR count). The summed E-state index contributed by atoms with van der Waals surface area (Å²) < 4.78 is 4.53. The number of hydrogen-bond donors (Lipinski definition) is 1. The minimum Gasteiger partial charge on any atom is -0.362 e. The van der Waals surface area contributed by atoms with Crippen LogP contribution in [0.3, 0.4) is 0 Å². The van der Waals surface area contributed by atoms with Gasteiger partial charge in [-0.2, -0.15) is 4.79 Å². The lowest BCUT2D eigenvalue weighted by molar-refractivity contribution is -0.0817. The summed E-state index contributed by atoms with van der Waals surface area (Å²) in [5, 5.41) is 8.52. The minimum atomic E-state index is -1.08. The molecule has 1 unspecified atom stereocenters. The Balaban J connectivity index is 3.31. The van der Waals surface area contributed by atoms with Crippen molar-refractivity contribution < 1.29 is 14.6 Å². The molecule has 4 nitrogen and oxygen atoms in total. The van der Waals surface area contributed by atoms with Crippen molar-refractivity contribution in [3.8, 4) is 0 Å². The molecule has 0 heterocycles. The van der Waals surface area contributed by atoms with Gasteiger partial charge in [0.15, 0.2) is 0 Å². The van der Waals surface area contributed by atoms with Gasteiger partial charge >= 0.3 is 6.21 Å². The van der Waals surface area contributed by atoms with Crippen LogP contribution in [0.15, 0.2) is 0 Å². The van der Waals surface area contributed by atoms with E-state index in [4.69, 9.17) is 10.6 Å². The maximum absolute atomic E-state index is 8.52. The summed E-state index contributed by atoms with van der Waals surface area (Å²) in [7, 11) is 0. The van der Waals surface area contributed by atoms with Crippen molar-refractivity contribution in [3.63, 3.8) is 0 Å². The molecule has 8 heavy (non-hydrogen) atoms. The third-order valence-electron chi connectivity index (χ3n) is 0.532. The van der Waals surface area contributed by atoms with Crippen LogP contribution in [0.2, 0.25) is 0 Å². The van der Waals surface area contributed by atoms with E-state index in [1.807, 2.05) is 0 Å². The molecule has 1 N–H and O–H groups in total. The Morgan fingerprint density at radius 1 is 2.00 bits per heavy atom. The van der Waals surface area contributed by atoms with Crippen molar-refractivity contribution in [3.05, 3.63) is 5.53 Å². The zero-order valence-electron chi connectivity index (χ0n) is 4.61. The lowest BCUT2D eigenvalue weighted by atomic mass is 10.7. The number of hydrogen-bond acceptors (Lipinski definition) is 2. The molecule has 0 aliphatic heterocycles. The summed E-state index contributed by atoms with van der Waals surface area (Å²) in [6.45, 7) is 2.13. The molecule has 0 saturated carbocycles. The highest BCUT2D eigenvalue weighted by molar-refractivity contribution is 5.53. The fraction of sp³-hybridized carbons (Fsp3) is 0.750. The Morgan fingerprint density at radius 2 is 2.62 bits per heavy atom. The molecule has 0 aromatic heterocycles. The zero-order chi connectivity index (χ0) is 6.41. The second-order valence-electron chi connectivity index (χ2n) is 1.11. The summed E-state index contributed by atoms with van der Waals surface area (Å²) in [6.07, 6.45) is -0.186. The SMILES string of the molecule is CCOC(O)C=[N+]=[N-]. The van der Waals surface area contributed by atoms with Gasteiger partial charge in [-0.1, -0.05) is 0 Å². The van der Waals surface area contributed by atoms with Crippen LogP contribution in [-0.4, -0.2) is 29.0 Å². The predicted molar refractivity (Wildman–Crippen MR) is 27.3 cm³/mol. The Hall–Kier alpha value is -0.700. The highest BCUT2D eigenvalue weighted by Crippen LogP contribution is 1.77. The third-order valence-corrected chi connectivity index (χ3v) is 0.532. The van der Waals surface area contributed by atoms with E-state index in [9.17, 15) is 0 Å². The van der Waals surface area contributed by atoms with E-state index in [1.54, 1.807) is 6.92 Å². The Labute approximate surface area is 47.3 Å². The molecule has 0 spiro atoms. The zero-order valence-corrected chi connectivity index (χ0v) is 4.61. The van der Waals surface area contributed by atoms with Crippen molar-refractivity contribution >= 4 is 6.21 Å². The van der Waals surface area contributed by atoms with Crippen molar-refractivity contribution in [2.75, 3.05) is 6.61 Å². The fourth-order valence-corrected chi connectivity index (χ4v) is 0.271. The first-order valence-corrected chi connectivity index (χ1v) is 2.28. The first-order chi connectivity index (χ1) is 3.81. The summed E-state index contributed by atoms with van der Waals surface area (Å²) in [6, 6.07) is 0. The van der Waals surface area contributed by atoms with Crippen LogP contribution < -0.4 is 0 Å². The molecule has 0 bridgehead atoms. The van der Waals surface area contributed by atoms with E-state index >= 15 is 0 Å². The molecule has 1 atom stereocenters. The van der Waals surface area contributed by atoms with Crippen molar-refractivity contribution in [2.45, 2.75) is 13.2 Å². The molecular formula is C4H8N2O2. The van der Waals surface area contributed by atoms with Gasteiger partial charge in [-0.3, -0.25) is 0 Å². The largest absolute Gasteiger partial charge is 0.362 e. The molecular weight excluding hydrogens is 108 g/mol. The van der Waals surface area contributed by atoms with Gasteiger partial charge in [-0.25, -0.2) is 0 Å². The average Bonchev–Trinajstić information content (AvgIpc) is 1.68. The van der Waals surface area contributed by atoms with Crippen LogP contribution in [0.4, 0.5) is 0 Å². The van der Waals surface area contributed by atoms with E-state index in [2.05, 4.69) is 9.53 Å². The summed E-state index contributed by atoms with van der Waals surface area (Å²) in [5.74, 6) is 0. The molecule has 0 saturated heterocycles. The van der Waals surface area contributed by atoms with Gasteiger partial charge in [-0.15, -0.1) is 0 Å². The van der Waals surface area contributed by atoms with Crippen LogP contribution in [0.1, 0.15) is 6.92 Å². The van der Waals surface area contributed by atoms with Gasteiger partial charge in [0.2, 0.25) is 0 Å². The molecule has 0 aromatic rings. The van der Waals surface area contributed by atoms with E-state index in [-0.39, 0.29) is 0 Å². The molecule has 0 aliphatic rings. The van der Waals surface area contributed by atoms with Crippen molar-refractivity contribution in [1.82, 2.24) is 0 Å². The first kappa shape index (κ1) is 7.30. The van der Waals surface area contributed by atoms with Crippen molar-refractivity contribution in [2.24, 2.45) is 0 Å². The number of ether oxygens (including phenoxy) is 1. The Kier molecular flexibility index (Phi) is 4.07. The van der Waals surface area contributed by atoms with Crippen LogP contribution in [-0.2, 0) is 4.74 Å². The summed E-state index contributed by atoms with van der Waals surface area (Å²) in [4.78, 5) is 2.55. The molecule has 0 radical (unpaired) electrons. The van der Waals surface area contributed by atoms with Gasteiger partial charge in [0.25, 0.3) is 6.29 Å². The Bertz CT molecular complexity index is 98.2. The van der Waals surface area contributed by atoms with Gasteiger partial charge in [0, 0.05) is 6.61 Å². The molecule has 0 fully saturated rings. The maximum atomic E-state index is 8.52. The highest BCUT2D eigenvalue weighted by Gasteiger charge is 1.99. The summed E-state index contributed by atoms with van der Waals surface area (Å²) in [5.41, 5.74) is 7.79. The monoisotopic (exact) mass is 116 g/mol. The quantitative estimate of drug-likeness (QED) is 0.237. The molecule has 0 aliphatic carbocycles. The first-order valence-electron chi connectivity index (χ1n) is 2.28. The van der Waals surface area contributed by atoms with Crippen LogP contribution in [0.25, 0.3) is 5.53 Å². The number of nitrogens with zero attached hydrogens (tertiary/aromatic N) is 2. The van der Waals surface area contributed by atoms with Crippen LogP contribution in [0, 0.1) is 0 Å². The third kappa shape index (κ3) is 3.49.